The van der Waals surface area contributed by atoms with Gasteiger partial charge in [0, 0.05) is 16.6 Å². The number of hydrogen-bond acceptors (Lipinski definition) is 5. The number of amides is 1. The summed E-state index contributed by atoms with van der Waals surface area (Å²) in [7, 11) is 1.64. The Hall–Kier alpha value is -2.86. The van der Waals surface area contributed by atoms with Crippen molar-refractivity contribution >= 4 is 22.9 Å². The van der Waals surface area contributed by atoms with Gasteiger partial charge in [-0.05, 0) is 43.3 Å². The van der Waals surface area contributed by atoms with Gasteiger partial charge in [-0.1, -0.05) is 12.1 Å². The van der Waals surface area contributed by atoms with Crippen molar-refractivity contribution in [3.05, 3.63) is 59.6 Å². The van der Waals surface area contributed by atoms with Gasteiger partial charge in [0.15, 0.2) is 0 Å². The molecule has 0 bridgehead atoms. The third kappa shape index (κ3) is 4.61. The van der Waals surface area contributed by atoms with Gasteiger partial charge in [0.05, 0.1) is 25.8 Å². The molecule has 1 amide bonds. The largest absolute Gasteiger partial charge is 0.497 e. The van der Waals surface area contributed by atoms with Gasteiger partial charge in [-0.25, -0.2) is 4.98 Å². The Labute approximate surface area is 156 Å². The first kappa shape index (κ1) is 17.9. The summed E-state index contributed by atoms with van der Waals surface area (Å²) >= 11 is 1.51. The van der Waals surface area contributed by atoms with Crippen LogP contribution in [0.5, 0.6) is 11.5 Å². The number of carbonyl (C=O) groups is 1. The molecule has 0 unspecified atom stereocenters. The van der Waals surface area contributed by atoms with Crippen LogP contribution in [0, 0.1) is 0 Å². The highest BCUT2D eigenvalue weighted by atomic mass is 32.1. The van der Waals surface area contributed by atoms with Crippen LogP contribution in [-0.2, 0) is 11.2 Å². The highest BCUT2D eigenvalue weighted by molar-refractivity contribution is 7.13. The molecule has 1 N–H and O–H groups in total. The van der Waals surface area contributed by atoms with E-state index in [0.717, 1.165) is 33.5 Å². The van der Waals surface area contributed by atoms with E-state index in [1.54, 1.807) is 7.11 Å². The molecule has 6 heteroatoms. The van der Waals surface area contributed by atoms with Crippen LogP contribution in [0.3, 0.4) is 0 Å². The number of nitrogens with one attached hydrogen (secondary N) is 1. The van der Waals surface area contributed by atoms with Crippen molar-refractivity contribution < 1.29 is 14.3 Å². The predicted octanol–water partition coefficient (Wildman–Crippen LogP) is 4.40. The van der Waals surface area contributed by atoms with Crippen LogP contribution in [0.15, 0.2) is 53.9 Å². The summed E-state index contributed by atoms with van der Waals surface area (Å²) in [4.78, 5) is 16.8. The molecule has 0 aliphatic rings. The molecule has 0 fully saturated rings. The number of thiazole rings is 1. The Morgan fingerprint density at radius 3 is 2.69 bits per heavy atom. The Bertz CT molecular complexity index is 875. The molecule has 1 aromatic heterocycles. The minimum Gasteiger partial charge on any atom is -0.497 e. The third-order valence-electron chi connectivity index (χ3n) is 3.66. The number of hydrogen-bond donors (Lipinski definition) is 1. The zero-order valence-electron chi connectivity index (χ0n) is 14.7. The van der Waals surface area contributed by atoms with Crippen LogP contribution < -0.4 is 14.8 Å². The van der Waals surface area contributed by atoms with Gasteiger partial charge < -0.3 is 14.8 Å². The highest BCUT2D eigenvalue weighted by Gasteiger charge is 2.10. The average molecular weight is 368 g/mol. The molecule has 26 heavy (non-hydrogen) atoms. The van der Waals surface area contributed by atoms with E-state index >= 15 is 0 Å². The molecule has 3 rings (SSSR count). The second kappa shape index (κ2) is 8.49. The van der Waals surface area contributed by atoms with Crippen LogP contribution in [-0.4, -0.2) is 24.6 Å². The molecule has 0 radical (unpaired) electrons. The maximum Gasteiger partial charge on any atom is 0.230 e. The second-order valence-corrected chi connectivity index (χ2v) is 6.42. The van der Waals surface area contributed by atoms with E-state index in [2.05, 4.69) is 10.3 Å². The monoisotopic (exact) mass is 368 g/mol. The van der Waals surface area contributed by atoms with Crippen LogP contribution in [0.1, 0.15) is 12.6 Å². The Balaban J connectivity index is 1.62. The van der Waals surface area contributed by atoms with Crippen molar-refractivity contribution in [2.45, 2.75) is 13.3 Å². The number of aromatic nitrogens is 1. The fourth-order valence-corrected chi connectivity index (χ4v) is 3.26. The van der Waals surface area contributed by atoms with E-state index in [0.29, 0.717) is 6.61 Å². The van der Waals surface area contributed by atoms with Crippen molar-refractivity contribution in [2.75, 3.05) is 19.0 Å². The number of nitrogens with zero attached hydrogens (tertiary/aromatic N) is 1. The van der Waals surface area contributed by atoms with E-state index in [-0.39, 0.29) is 12.3 Å². The van der Waals surface area contributed by atoms with Crippen molar-refractivity contribution in [3.8, 4) is 22.1 Å². The Morgan fingerprint density at radius 1 is 1.15 bits per heavy atom. The molecular weight excluding hydrogens is 348 g/mol. The summed E-state index contributed by atoms with van der Waals surface area (Å²) < 4.78 is 10.6. The molecule has 3 aromatic rings. The lowest BCUT2D eigenvalue weighted by atomic mass is 10.2. The van der Waals surface area contributed by atoms with Crippen molar-refractivity contribution in [1.82, 2.24) is 4.98 Å². The lowest BCUT2D eigenvalue weighted by molar-refractivity contribution is -0.115. The summed E-state index contributed by atoms with van der Waals surface area (Å²) in [6, 6.07) is 15.0. The van der Waals surface area contributed by atoms with Gasteiger partial charge in [0.2, 0.25) is 5.91 Å². The van der Waals surface area contributed by atoms with Gasteiger partial charge in [-0.3, -0.25) is 4.79 Å². The Morgan fingerprint density at radius 2 is 1.96 bits per heavy atom. The highest BCUT2D eigenvalue weighted by Crippen LogP contribution is 2.27. The van der Waals surface area contributed by atoms with Crippen molar-refractivity contribution in [1.29, 1.82) is 0 Å². The van der Waals surface area contributed by atoms with Gasteiger partial charge in [0.25, 0.3) is 0 Å². The quantitative estimate of drug-likeness (QED) is 0.671. The number of anilines is 1. The molecule has 134 valence electrons. The number of ether oxygens (including phenoxy) is 2. The first-order valence-electron chi connectivity index (χ1n) is 8.29. The third-order valence-corrected chi connectivity index (χ3v) is 4.60. The fourth-order valence-electron chi connectivity index (χ4n) is 2.45. The molecule has 0 aliphatic heterocycles. The van der Waals surface area contributed by atoms with Crippen molar-refractivity contribution in [3.63, 3.8) is 0 Å². The SMILES string of the molecule is CCOc1ccc(NC(=O)Cc2csc(-c3cccc(OC)c3)n2)cc1. The number of methoxy groups -OCH3 is 1. The maximum atomic E-state index is 12.2. The summed E-state index contributed by atoms with van der Waals surface area (Å²) in [5, 5.41) is 5.65. The molecule has 0 saturated carbocycles. The summed E-state index contributed by atoms with van der Waals surface area (Å²) in [5.41, 5.74) is 2.46. The van der Waals surface area contributed by atoms with Crippen molar-refractivity contribution in [2.24, 2.45) is 0 Å². The minimum absolute atomic E-state index is 0.100. The van der Waals surface area contributed by atoms with Gasteiger partial charge in [-0.15, -0.1) is 11.3 Å². The maximum absolute atomic E-state index is 12.2. The standard InChI is InChI=1S/C20H20N2O3S/c1-3-25-17-9-7-15(8-10-17)21-19(23)12-16-13-26-20(22-16)14-5-4-6-18(11-14)24-2/h4-11,13H,3,12H2,1-2H3,(H,21,23). The van der Waals surface area contributed by atoms with Crippen LogP contribution in [0.4, 0.5) is 5.69 Å². The lowest BCUT2D eigenvalue weighted by Gasteiger charge is -2.06. The van der Waals surface area contributed by atoms with E-state index in [4.69, 9.17) is 9.47 Å². The van der Waals surface area contributed by atoms with E-state index < -0.39 is 0 Å². The molecule has 5 nitrogen and oxygen atoms in total. The van der Waals surface area contributed by atoms with E-state index in [1.165, 1.54) is 11.3 Å². The molecule has 2 aromatic carbocycles. The van der Waals surface area contributed by atoms with E-state index in [9.17, 15) is 4.79 Å². The first-order valence-corrected chi connectivity index (χ1v) is 9.17. The van der Waals surface area contributed by atoms with Gasteiger partial charge in [-0.2, -0.15) is 0 Å². The van der Waals surface area contributed by atoms with E-state index in [1.807, 2.05) is 60.8 Å². The molecule has 0 aliphatic carbocycles. The summed E-state index contributed by atoms with van der Waals surface area (Å²) in [5.74, 6) is 1.47. The first-order chi connectivity index (χ1) is 12.7. The van der Waals surface area contributed by atoms with Crippen LogP contribution in [0.2, 0.25) is 0 Å². The molecule has 0 saturated heterocycles. The fraction of sp³-hybridized carbons (Fsp3) is 0.200. The topological polar surface area (TPSA) is 60.5 Å². The summed E-state index contributed by atoms with van der Waals surface area (Å²) in [6.07, 6.45) is 0.230. The molecule has 1 heterocycles. The molecule has 0 atom stereocenters. The van der Waals surface area contributed by atoms with Gasteiger partial charge >= 0.3 is 0 Å². The van der Waals surface area contributed by atoms with Crippen LogP contribution in [0.25, 0.3) is 10.6 Å². The second-order valence-electron chi connectivity index (χ2n) is 5.56. The zero-order chi connectivity index (χ0) is 18.4. The normalized spacial score (nSPS) is 10.4. The Kier molecular flexibility index (Phi) is 5.86. The average Bonchev–Trinajstić information content (AvgIpc) is 3.12. The summed E-state index contributed by atoms with van der Waals surface area (Å²) in [6.45, 7) is 2.55. The smallest absolute Gasteiger partial charge is 0.230 e. The minimum atomic E-state index is -0.100. The molecule has 0 spiro atoms. The lowest BCUT2D eigenvalue weighted by Crippen LogP contribution is -2.14. The number of carbonyl (C=O) groups excluding carboxylic acids is 1. The van der Waals surface area contributed by atoms with Gasteiger partial charge in [0.1, 0.15) is 16.5 Å². The zero-order valence-corrected chi connectivity index (χ0v) is 15.5. The number of rotatable bonds is 7. The predicted molar refractivity (Wildman–Crippen MR) is 104 cm³/mol. The van der Waals surface area contributed by atoms with Crippen LogP contribution >= 0.6 is 11.3 Å². The number of benzene rings is 2. The molecular formula is C20H20N2O3S.